The molecule has 0 bridgehead atoms. The predicted molar refractivity (Wildman–Crippen MR) is 130 cm³/mol. The van der Waals surface area contributed by atoms with E-state index in [1.54, 1.807) is 12.1 Å². The first-order valence-electron chi connectivity index (χ1n) is 9.83. The molecule has 0 saturated carbocycles. The molecule has 172 valence electrons. The van der Waals surface area contributed by atoms with Crippen LogP contribution in [0.4, 0.5) is 26.0 Å². The van der Waals surface area contributed by atoms with Crippen LogP contribution in [0.25, 0.3) is 17.0 Å². The van der Waals surface area contributed by atoms with Crippen molar-refractivity contribution >= 4 is 63.3 Å². The number of ether oxygens (including phenoxy) is 1. The second kappa shape index (κ2) is 10.0. The number of anilines is 3. The van der Waals surface area contributed by atoms with Crippen molar-refractivity contribution in [1.29, 1.82) is 0 Å². The van der Waals surface area contributed by atoms with Crippen LogP contribution in [0.2, 0.25) is 10.0 Å². The number of methoxy groups -OCH3 is 1. The van der Waals surface area contributed by atoms with Crippen molar-refractivity contribution in [3.05, 3.63) is 88.2 Å². The minimum absolute atomic E-state index is 0.0361. The molecule has 1 aromatic heterocycles. The van der Waals surface area contributed by atoms with Crippen LogP contribution in [-0.2, 0) is 4.79 Å². The number of aromatic nitrogens is 2. The van der Waals surface area contributed by atoms with Gasteiger partial charge in [0.15, 0.2) is 0 Å². The Kier molecular flexibility index (Phi) is 6.90. The second-order valence-corrected chi connectivity index (χ2v) is 7.85. The van der Waals surface area contributed by atoms with Crippen molar-refractivity contribution in [3.63, 3.8) is 0 Å². The highest BCUT2D eigenvalue weighted by molar-refractivity contribution is 6.32. The van der Waals surface area contributed by atoms with Crippen LogP contribution in [0.1, 0.15) is 5.56 Å². The van der Waals surface area contributed by atoms with Crippen LogP contribution >= 0.6 is 23.2 Å². The fourth-order valence-corrected chi connectivity index (χ4v) is 3.55. The Bertz CT molecular complexity index is 1430. The molecule has 0 fully saturated rings. The van der Waals surface area contributed by atoms with Gasteiger partial charge in [-0.1, -0.05) is 29.3 Å². The van der Waals surface area contributed by atoms with E-state index in [2.05, 4.69) is 20.6 Å². The summed E-state index contributed by atoms with van der Waals surface area (Å²) in [5, 5.41) is 6.54. The van der Waals surface area contributed by atoms with Gasteiger partial charge in [0.1, 0.15) is 29.5 Å². The Hall–Kier alpha value is -3.75. The van der Waals surface area contributed by atoms with Crippen LogP contribution in [-0.4, -0.2) is 23.0 Å². The van der Waals surface area contributed by atoms with E-state index >= 15 is 0 Å². The van der Waals surface area contributed by atoms with E-state index in [9.17, 15) is 13.6 Å². The van der Waals surface area contributed by atoms with Gasteiger partial charge in [0.25, 0.3) is 0 Å². The topological polar surface area (TPSA) is 76.1 Å². The Labute approximate surface area is 203 Å². The maximum Gasteiger partial charge on any atom is 0.248 e. The lowest BCUT2D eigenvalue weighted by atomic mass is 10.1. The number of nitrogens with one attached hydrogen (secondary N) is 2. The molecule has 0 saturated heterocycles. The number of hydrogen-bond donors (Lipinski definition) is 2. The predicted octanol–water partition coefficient (Wildman–Crippen LogP) is 6.62. The van der Waals surface area contributed by atoms with Crippen LogP contribution in [0.5, 0.6) is 5.75 Å². The molecule has 2 N–H and O–H groups in total. The summed E-state index contributed by atoms with van der Waals surface area (Å²) in [6, 6.07) is 11.4. The van der Waals surface area contributed by atoms with Crippen molar-refractivity contribution in [1.82, 2.24) is 9.97 Å². The second-order valence-electron chi connectivity index (χ2n) is 7.03. The molecule has 10 heteroatoms. The Morgan fingerprint density at radius 1 is 1.03 bits per heavy atom. The average Bonchev–Trinajstić information content (AvgIpc) is 2.81. The summed E-state index contributed by atoms with van der Waals surface area (Å²) in [5.41, 5.74) is 1.92. The van der Waals surface area contributed by atoms with Crippen LogP contribution < -0.4 is 15.4 Å². The van der Waals surface area contributed by atoms with Gasteiger partial charge in [-0.25, -0.2) is 18.7 Å². The molecule has 3 aromatic carbocycles. The van der Waals surface area contributed by atoms with E-state index in [0.29, 0.717) is 39.4 Å². The Balaban J connectivity index is 1.63. The molecule has 4 aromatic rings. The lowest BCUT2D eigenvalue weighted by molar-refractivity contribution is -0.111. The quantitative estimate of drug-likeness (QED) is 0.291. The van der Waals surface area contributed by atoms with Gasteiger partial charge in [0.05, 0.1) is 28.4 Å². The van der Waals surface area contributed by atoms with Crippen molar-refractivity contribution in [3.8, 4) is 5.75 Å². The minimum atomic E-state index is -0.538. The molecule has 4 rings (SSSR count). The van der Waals surface area contributed by atoms with E-state index in [1.165, 1.54) is 55.9 Å². The first kappa shape index (κ1) is 23.4. The molecular formula is C24H16Cl2F2N4O2. The molecule has 0 unspecified atom stereocenters. The summed E-state index contributed by atoms with van der Waals surface area (Å²) < 4.78 is 32.1. The Morgan fingerprint density at radius 2 is 1.85 bits per heavy atom. The maximum atomic E-state index is 13.5. The summed E-state index contributed by atoms with van der Waals surface area (Å²) in [6.07, 6.45) is 4.10. The third-order valence-electron chi connectivity index (χ3n) is 4.77. The van der Waals surface area contributed by atoms with E-state index in [4.69, 9.17) is 27.9 Å². The van der Waals surface area contributed by atoms with Gasteiger partial charge in [-0.05, 0) is 48.0 Å². The number of nitrogens with zero attached hydrogens (tertiary/aromatic N) is 2. The number of halogens is 4. The van der Waals surface area contributed by atoms with E-state index in [1.807, 2.05) is 0 Å². The monoisotopic (exact) mass is 500 g/mol. The lowest BCUT2D eigenvalue weighted by Crippen LogP contribution is -2.09. The molecule has 0 atom stereocenters. The standard InChI is InChI=1S/C24H16Cl2F2N4O2/c1-34-22-11-20-16(24(30-12-29-20)31-15-5-6-19(28)18(26)9-15)10-21(22)32-23(33)7-3-13-2-4-14(27)8-17(13)25/h2-12H,1H3,(H,32,33)(H,29,30,31). The van der Waals surface area contributed by atoms with Crippen LogP contribution in [0, 0.1) is 11.6 Å². The van der Waals surface area contributed by atoms with E-state index in [-0.39, 0.29) is 10.0 Å². The maximum absolute atomic E-state index is 13.5. The number of carbonyl (C=O) groups is 1. The van der Waals surface area contributed by atoms with Gasteiger partial charge in [-0.2, -0.15) is 0 Å². The smallest absolute Gasteiger partial charge is 0.248 e. The molecule has 0 aliphatic heterocycles. The van der Waals surface area contributed by atoms with Crippen LogP contribution in [0.3, 0.4) is 0 Å². The van der Waals surface area contributed by atoms with Crippen molar-refractivity contribution in [2.75, 3.05) is 17.7 Å². The third kappa shape index (κ3) is 5.24. The largest absolute Gasteiger partial charge is 0.494 e. The first-order valence-corrected chi connectivity index (χ1v) is 10.6. The van der Waals surface area contributed by atoms with E-state index in [0.717, 1.165) is 6.07 Å². The molecule has 0 aliphatic carbocycles. The highest BCUT2D eigenvalue weighted by Gasteiger charge is 2.13. The molecule has 34 heavy (non-hydrogen) atoms. The fraction of sp³-hybridized carbons (Fsp3) is 0.0417. The van der Waals surface area contributed by atoms with Gasteiger partial charge >= 0.3 is 0 Å². The SMILES string of the molecule is COc1cc2ncnc(Nc3ccc(F)c(Cl)c3)c2cc1NC(=O)C=Cc1ccc(F)cc1Cl. The number of rotatable bonds is 6. The molecule has 0 spiro atoms. The summed E-state index contributed by atoms with van der Waals surface area (Å²) >= 11 is 11.9. The average molecular weight is 501 g/mol. The van der Waals surface area contributed by atoms with Gasteiger partial charge in [0, 0.05) is 23.2 Å². The minimum Gasteiger partial charge on any atom is -0.494 e. The van der Waals surface area contributed by atoms with Crippen molar-refractivity contribution in [2.45, 2.75) is 0 Å². The van der Waals surface area contributed by atoms with E-state index < -0.39 is 17.5 Å². The number of fused-ring (bicyclic) bond motifs is 1. The number of amides is 1. The zero-order valence-corrected chi connectivity index (χ0v) is 19.1. The molecule has 6 nitrogen and oxygen atoms in total. The summed E-state index contributed by atoms with van der Waals surface area (Å²) in [4.78, 5) is 21.0. The van der Waals surface area contributed by atoms with Gasteiger partial charge in [0.2, 0.25) is 5.91 Å². The highest BCUT2D eigenvalue weighted by atomic mass is 35.5. The Morgan fingerprint density at radius 3 is 2.59 bits per heavy atom. The molecule has 0 radical (unpaired) electrons. The fourth-order valence-electron chi connectivity index (χ4n) is 3.14. The first-order chi connectivity index (χ1) is 16.3. The summed E-state index contributed by atoms with van der Waals surface area (Å²) in [6.45, 7) is 0. The number of carbonyl (C=O) groups excluding carboxylic acids is 1. The lowest BCUT2D eigenvalue weighted by Gasteiger charge is -2.13. The van der Waals surface area contributed by atoms with Gasteiger partial charge in [-0.3, -0.25) is 4.79 Å². The van der Waals surface area contributed by atoms with Crippen molar-refractivity contribution in [2.24, 2.45) is 0 Å². The van der Waals surface area contributed by atoms with Gasteiger partial charge in [-0.15, -0.1) is 0 Å². The highest BCUT2D eigenvalue weighted by Crippen LogP contribution is 2.33. The number of hydrogen-bond acceptors (Lipinski definition) is 5. The third-order valence-corrected chi connectivity index (χ3v) is 5.39. The molecular weight excluding hydrogens is 485 g/mol. The van der Waals surface area contributed by atoms with Crippen LogP contribution in [0.15, 0.2) is 60.9 Å². The zero-order chi connectivity index (χ0) is 24.2. The van der Waals surface area contributed by atoms with Gasteiger partial charge < -0.3 is 15.4 Å². The zero-order valence-electron chi connectivity index (χ0n) is 17.6. The molecule has 1 heterocycles. The summed E-state index contributed by atoms with van der Waals surface area (Å²) in [7, 11) is 1.46. The molecule has 0 aliphatic rings. The molecule has 1 amide bonds. The van der Waals surface area contributed by atoms with Crippen molar-refractivity contribution < 1.29 is 18.3 Å². The number of benzene rings is 3. The summed E-state index contributed by atoms with van der Waals surface area (Å²) in [5.74, 6) is -0.677. The normalized spacial score (nSPS) is 11.1.